The van der Waals surface area contributed by atoms with Gasteiger partial charge in [-0.2, -0.15) is 0 Å². The number of rotatable bonds is 5. The number of amides is 2. The molecule has 1 aliphatic rings. The second-order valence-corrected chi connectivity index (χ2v) is 7.01. The molecule has 0 bridgehead atoms. The van der Waals surface area contributed by atoms with Crippen LogP contribution >= 0.6 is 11.6 Å². The van der Waals surface area contributed by atoms with Gasteiger partial charge in [0.05, 0.1) is 11.4 Å². The first kappa shape index (κ1) is 16.7. The lowest BCUT2D eigenvalue weighted by Gasteiger charge is -2.32. The van der Waals surface area contributed by atoms with Gasteiger partial charge in [0, 0.05) is 31.2 Å². The second kappa shape index (κ2) is 7.08. The number of carbonyl (C=O) groups is 2. The van der Waals surface area contributed by atoms with Crippen LogP contribution in [-0.4, -0.2) is 63.3 Å². The predicted octanol–water partition coefficient (Wildman–Crippen LogP) is -0.0811. The van der Waals surface area contributed by atoms with Crippen molar-refractivity contribution in [3.05, 3.63) is 29.3 Å². The average molecular weight is 346 g/mol. The summed E-state index contributed by atoms with van der Waals surface area (Å²) in [6.07, 6.45) is 0.740. The highest BCUT2D eigenvalue weighted by Crippen LogP contribution is 2.15. The van der Waals surface area contributed by atoms with Crippen molar-refractivity contribution in [1.29, 1.82) is 0 Å². The molecule has 0 spiro atoms. The van der Waals surface area contributed by atoms with E-state index >= 15 is 0 Å². The predicted molar refractivity (Wildman–Crippen MR) is 80.9 cm³/mol. The number of sulfonamides is 1. The van der Waals surface area contributed by atoms with E-state index in [9.17, 15) is 18.0 Å². The quantitative estimate of drug-likeness (QED) is 0.756. The molecule has 0 aliphatic carbocycles. The average Bonchev–Trinajstić information content (AvgIpc) is 2.53. The molecule has 1 heterocycles. The van der Waals surface area contributed by atoms with Gasteiger partial charge in [-0.15, -0.1) is 0 Å². The SMILES string of the molecule is O=CN1CCN(C(=O)CNS(=O)(=O)c2cccc(Cl)c2)CC1. The normalized spacial score (nSPS) is 15.7. The lowest BCUT2D eigenvalue weighted by molar-refractivity contribution is -0.134. The second-order valence-electron chi connectivity index (χ2n) is 4.80. The van der Waals surface area contributed by atoms with E-state index in [-0.39, 0.29) is 17.3 Å². The molecule has 1 aliphatic heterocycles. The fourth-order valence-corrected chi connectivity index (χ4v) is 3.34. The molecule has 1 aromatic rings. The van der Waals surface area contributed by atoms with Crippen LogP contribution in [0.3, 0.4) is 0 Å². The van der Waals surface area contributed by atoms with E-state index in [1.165, 1.54) is 23.1 Å². The number of hydrogen-bond acceptors (Lipinski definition) is 4. The van der Waals surface area contributed by atoms with Gasteiger partial charge >= 0.3 is 0 Å². The molecule has 7 nitrogen and oxygen atoms in total. The molecule has 0 aromatic heterocycles. The molecule has 22 heavy (non-hydrogen) atoms. The smallest absolute Gasteiger partial charge is 0.241 e. The highest BCUT2D eigenvalue weighted by molar-refractivity contribution is 7.89. The number of piperazine rings is 1. The van der Waals surface area contributed by atoms with Gasteiger partial charge in [0.2, 0.25) is 22.3 Å². The highest BCUT2D eigenvalue weighted by Gasteiger charge is 2.22. The number of carbonyl (C=O) groups excluding carboxylic acids is 2. The topological polar surface area (TPSA) is 86.8 Å². The monoisotopic (exact) mass is 345 g/mol. The molecular weight excluding hydrogens is 330 g/mol. The maximum atomic E-state index is 12.1. The minimum atomic E-state index is -3.78. The lowest BCUT2D eigenvalue weighted by Crippen LogP contribution is -2.50. The Kier molecular flexibility index (Phi) is 5.38. The minimum absolute atomic E-state index is 0.0126. The van der Waals surface area contributed by atoms with E-state index in [2.05, 4.69) is 4.72 Å². The summed E-state index contributed by atoms with van der Waals surface area (Å²) < 4.78 is 26.4. The van der Waals surface area contributed by atoms with Gasteiger partial charge in [-0.3, -0.25) is 9.59 Å². The van der Waals surface area contributed by atoms with Gasteiger partial charge in [-0.1, -0.05) is 17.7 Å². The molecule has 1 saturated heterocycles. The van der Waals surface area contributed by atoms with E-state index in [0.717, 1.165) is 6.41 Å². The zero-order valence-electron chi connectivity index (χ0n) is 11.7. The van der Waals surface area contributed by atoms with Crippen LogP contribution in [0, 0.1) is 0 Å². The number of benzene rings is 1. The van der Waals surface area contributed by atoms with Crippen LogP contribution in [0.5, 0.6) is 0 Å². The largest absolute Gasteiger partial charge is 0.342 e. The van der Waals surface area contributed by atoms with E-state index in [0.29, 0.717) is 31.2 Å². The molecule has 1 fully saturated rings. The summed E-state index contributed by atoms with van der Waals surface area (Å²) in [5.41, 5.74) is 0. The Hall–Kier alpha value is -1.64. The summed E-state index contributed by atoms with van der Waals surface area (Å²) in [7, 11) is -3.78. The summed E-state index contributed by atoms with van der Waals surface area (Å²) in [6, 6.07) is 5.81. The fourth-order valence-electron chi connectivity index (χ4n) is 2.06. The van der Waals surface area contributed by atoms with Gasteiger partial charge in [-0.25, -0.2) is 13.1 Å². The Balaban J connectivity index is 1.92. The number of halogens is 1. The van der Waals surface area contributed by atoms with Gasteiger partial charge in [0.15, 0.2) is 0 Å². The van der Waals surface area contributed by atoms with Crippen molar-refractivity contribution in [3.63, 3.8) is 0 Å². The molecule has 0 atom stereocenters. The summed E-state index contributed by atoms with van der Waals surface area (Å²) in [5.74, 6) is -0.323. The molecule has 120 valence electrons. The first-order chi connectivity index (χ1) is 10.4. The van der Waals surface area contributed by atoms with E-state index in [1.54, 1.807) is 11.0 Å². The third kappa shape index (κ3) is 4.19. The minimum Gasteiger partial charge on any atom is -0.342 e. The number of hydrogen-bond donors (Lipinski definition) is 1. The van der Waals surface area contributed by atoms with E-state index in [1.807, 2.05) is 0 Å². The van der Waals surface area contributed by atoms with Crippen molar-refractivity contribution in [1.82, 2.24) is 14.5 Å². The zero-order chi connectivity index (χ0) is 16.2. The van der Waals surface area contributed by atoms with Crippen molar-refractivity contribution in [2.24, 2.45) is 0 Å². The maximum Gasteiger partial charge on any atom is 0.241 e. The first-order valence-corrected chi connectivity index (χ1v) is 8.51. The third-order valence-electron chi connectivity index (χ3n) is 3.34. The standard InChI is InChI=1S/C13H16ClN3O4S/c14-11-2-1-3-12(8-11)22(20,21)15-9-13(19)17-6-4-16(10-18)5-7-17/h1-3,8,10,15H,4-7,9H2. The first-order valence-electron chi connectivity index (χ1n) is 6.65. The van der Waals surface area contributed by atoms with Gasteiger partial charge < -0.3 is 9.80 Å². The molecule has 1 N–H and O–H groups in total. The van der Waals surface area contributed by atoms with Crippen molar-refractivity contribution in [2.45, 2.75) is 4.90 Å². The number of nitrogens with zero attached hydrogens (tertiary/aromatic N) is 2. The van der Waals surface area contributed by atoms with Crippen molar-refractivity contribution < 1.29 is 18.0 Å². The molecular formula is C13H16ClN3O4S. The molecule has 2 rings (SSSR count). The van der Waals surface area contributed by atoms with Crippen LogP contribution in [0.2, 0.25) is 5.02 Å². The zero-order valence-corrected chi connectivity index (χ0v) is 13.3. The van der Waals surface area contributed by atoms with Gasteiger partial charge in [-0.05, 0) is 18.2 Å². The van der Waals surface area contributed by atoms with Crippen LogP contribution in [0.1, 0.15) is 0 Å². The Morgan fingerprint density at radius 3 is 2.55 bits per heavy atom. The molecule has 1 aromatic carbocycles. The van der Waals surface area contributed by atoms with Crippen LogP contribution < -0.4 is 4.72 Å². The Labute approximate surface area is 133 Å². The van der Waals surface area contributed by atoms with E-state index < -0.39 is 10.0 Å². The van der Waals surface area contributed by atoms with Crippen molar-refractivity contribution >= 4 is 33.9 Å². The highest BCUT2D eigenvalue weighted by atomic mass is 35.5. The summed E-state index contributed by atoms with van der Waals surface area (Å²) in [6.45, 7) is 1.38. The molecule has 9 heteroatoms. The van der Waals surface area contributed by atoms with Crippen molar-refractivity contribution in [3.8, 4) is 0 Å². The van der Waals surface area contributed by atoms with Gasteiger partial charge in [0.1, 0.15) is 0 Å². The molecule has 0 unspecified atom stereocenters. The van der Waals surface area contributed by atoms with Crippen molar-refractivity contribution in [2.75, 3.05) is 32.7 Å². The van der Waals surface area contributed by atoms with Crippen LogP contribution in [-0.2, 0) is 19.6 Å². The summed E-state index contributed by atoms with van der Waals surface area (Å²) >= 11 is 5.76. The molecule has 0 saturated carbocycles. The van der Waals surface area contributed by atoms with Crippen LogP contribution in [0.25, 0.3) is 0 Å². The van der Waals surface area contributed by atoms with Gasteiger partial charge in [0.25, 0.3) is 0 Å². The number of nitrogens with one attached hydrogen (secondary N) is 1. The molecule has 2 amide bonds. The maximum absolute atomic E-state index is 12.1. The fraction of sp³-hybridized carbons (Fsp3) is 0.385. The lowest BCUT2D eigenvalue weighted by atomic mass is 10.3. The summed E-state index contributed by atoms with van der Waals surface area (Å²) in [4.78, 5) is 25.7. The van der Waals surface area contributed by atoms with Crippen LogP contribution in [0.15, 0.2) is 29.2 Å². The summed E-state index contributed by atoms with van der Waals surface area (Å²) in [5, 5.41) is 0.305. The van der Waals surface area contributed by atoms with E-state index in [4.69, 9.17) is 11.6 Å². The Morgan fingerprint density at radius 2 is 1.95 bits per heavy atom. The Morgan fingerprint density at radius 1 is 1.27 bits per heavy atom. The molecule has 0 radical (unpaired) electrons. The third-order valence-corrected chi connectivity index (χ3v) is 4.97. The Bertz CT molecular complexity index is 657. The van der Waals surface area contributed by atoms with Crippen LogP contribution in [0.4, 0.5) is 0 Å².